The van der Waals surface area contributed by atoms with Crippen molar-refractivity contribution in [2.24, 2.45) is 0 Å². The zero-order valence-electron chi connectivity index (χ0n) is 13.2. The van der Waals surface area contributed by atoms with E-state index in [1.807, 2.05) is 37.3 Å². The number of amides is 1. The van der Waals surface area contributed by atoms with Gasteiger partial charge < -0.3 is 5.32 Å². The van der Waals surface area contributed by atoms with E-state index < -0.39 is 10.8 Å². The first-order valence-electron chi connectivity index (χ1n) is 7.84. The van der Waals surface area contributed by atoms with E-state index in [1.165, 1.54) is 0 Å². The van der Waals surface area contributed by atoms with Crippen LogP contribution in [0.2, 0.25) is 0 Å². The molecule has 122 valence electrons. The number of hydrogen-bond acceptors (Lipinski definition) is 4. The zero-order chi connectivity index (χ0) is 15.8. The normalized spacial score (nSPS) is 18.0. The third kappa shape index (κ3) is 5.51. The summed E-state index contributed by atoms with van der Waals surface area (Å²) in [7, 11) is -0.925. The molecule has 0 radical (unpaired) electrons. The van der Waals surface area contributed by atoms with Gasteiger partial charge in [0.1, 0.15) is 0 Å². The summed E-state index contributed by atoms with van der Waals surface area (Å²) < 4.78 is 12.2. The van der Waals surface area contributed by atoms with Crippen molar-refractivity contribution in [3.8, 4) is 0 Å². The molecule has 1 amide bonds. The van der Waals surface area contributed by atoms with E-state index in [-0.39, 0.29) is 5.91 Å². The summed E-state index contributed by atoms with van der Waals surface area (Å²) in [5, 5.41) is 2.83. The van der Waals surface area contributed by atoms with Crippen molar-refractivity contribution < 1.29 is 9.00 Å². The zero-order valence-corrected chi connectivity index (χ0v) is 14.0. The van der Waals surface area contributed by atoms with Crippen molar-refractivity contribution in [2.45, 2.75) is 11.8 Å². The summed E-state index contributed by atoms with van der Waals surface area (Å²) >= 11 is 0. The highest BCUT2D eigenvalue weighted by Gasteiger charge is 2.19. The fraction of sp³-hybridized carbons (Fsp3) is 0.562. The molecule has 0 aliphatic carbocycles. The summed E-state index contributed by atoms with van der Waals surface area (Å²) in [5.41, 5.74) is 0. The fourth-order valence-electron chi connectivity index (χ4n) is 2.53. The van der Waals surface area contributed by atoms with Gasteiger partial charge in [0.2, 0.25) is 5.91 Å². The minimum Gasteiger partial charge on any atom is -0.355 e. The number of nitrogens with zero attached hydrogens (tertiary/aromatic N) is 2. The van der Waals surface area contributed by atoms with Gasteiger partial charge >= 0.3 is 0 Å². The Kier molecular flexibility index (Phi) is 7.02. The number of carbonyl (C=O) groups is 1. The second-order valence-corrected chi connectivity index (χ2v) is 7.00. The van der Waals surface area contributed by atoms with Gasteiger partial charge in [-0.2, -0.15) is 0 Å². The van der Waals surface area contributed by atoms with E-state index in [0.29, 0.717) is 18.8 Å². The number of nitrogens with one attached hydrogen (secondary N) is 1. The van der Waals surface area contributed by atoms with Gasteiger partial charge in [0.25, 0.3) is 0 Å². The number of piperazine rings is 1. The third-order valence-electron chi connectivity index (χ3n) is 3.81. The van der Waals surface area contributed by atoms with Gasteiger partial charge in [-0.3, -0.25) is 18.8 Å². The lowest BCUT2D eigenvalue weighted by Crippen LogP contribution is -2.50. The van der Waals surface area contributed by atoms with Gasteiger partial charge in [0, 0.05) is 49.9 Å². The van der Waals surface area contributed by atoms with Crippen molar-refractivity contribution in [2.75, 3.05) is 51.6 Å². The van der Waals surface area contributed by atoms with Crippen molar-refractivity contribution in [3.63, 3.8) is 0 Å². The molecule has 5 nitrogen and oxygen atoms in total. The smallest absolute Gasteiger partial charge is 0.234 e. The maximum Gasteiger partial charge on any atom is 0.234 e. The molecule has 1 aliphatic rings. The molecular weight excluding hydrogens is 298 g/mol. The van der Waals surface area contributed by atoms with Crippen molar-refractivity contribution in [3.05, 3.63) is 30.3 Å². The maximum atomic E-state index is 12.2. The van der Waals surface area contributed by atoms with Crippen LogP contribution in [0.5, 0.6) is 0 Å². The Balaban J connectivity index is 1.67. The van der Waals surface area contributed by atoms with Crippen LogP contribution in [0.4, 0.5) is 0 Å². The molecule has 22 heavy (non-hydrogen) atoms. The molecule has 0 unspecified atom stereocenters. The maximum absolute atomic E-state index is 12.2. The molecule has 0 spiro atoms. The molecule has 1 aliphatic heterocycles. The van der Waals surface area contributed by atoms with Crippen LogP contribution < -0.4 is 5.32 Å². The molecular formula is C16H25N3O2S. The highest BCUT2D eigenvalue weighted by atomic mass is 32.2. The summed E-state index contributed by atoms with van der Waals surface area (Å²) in [6, 6.07) is 9.62. The first-order chi connectivity index (χ1) is 10.7. The monoisotopic (exact) mass is 323 g/mol. The van der Waals surface area contributed by atoms with Gasteiger partial charge in [0.05, 0.1) is 17.3 Å². The first-order valence-corrected chi connectivity index (χ1v) is 9.15. The molecule has 1 fully saturated rings. The number of hydrogen-bond donors (Lipinski definition) is 1. The van der Waals surface area contributed by atoms with Crippen LogP contribution >= 0.6 is 0 Å². The minimum absolute atomic E-state index is 0.0983. The number of carbonyl (C=O) groups excluding carboxylic acids is 1. The molecule has 1 saturated heterocycles. The van der Waals surface area contributed by atoms with Crippen LogP contribution in [0, 0.1) is 0 Å². The second-order valence-electron chi connectivity index (χ2n) is 5.43. The summed E-state index contributed by atoms with van der Waals surface area (Å²) in [6.45, 7) is 7.61. The topological polar surface area (TPSA) is 52.7 Å². The lowest BCUT2D eigenvalue weighted by Gasteiger charge is -2.34. The Morgan fingerprint density at radius 2 is 1.77 bits per heavy atom. The molecule has 0 saturated carbocycles. The van der Waals surface area contributed by atoms with E-state index >= 15 is 0 Å². The standard InChI is InChI=1S/C16H25N3O2S/c1-2-17-16(20)14-19-10-8-18(9-11-19)12-13-22(21)15-6-4-3-5-7-15/h3-7H,2,8-14H2,1H3,(H,17,20)/t22-/m1/s1. The van der Waals surface area contributed by atoms with Gasteiger partial charge in [-0.1, -0.05) is 18.2 Å². The first kappa shape index (κ1) is 17.1. The van der Waals surface area contributed by atoms with Gasteiger partial charge in [0.15, 0.2) is 0 Å². The molecule has 1 atom stereocenters. The Labute approximate surface area is 135 Å². The predicted molar refractivity (Wildman–Crippen MR) is 89.3 cm³/mol. The van der Waals surface area contributed by atoms with E-state index in [9.17, 15) is 9.00 Å². The summed E-state index contributed by atoms with van der Waals surface area (Å²) in [6.07, 6.45) is 0. The third-order valence-corrected chi connectivity index (χ3v) is 5.16. The van der Waals surface area contributed by atoms with Crippen LogP contribution in [0.1, 0.15) is 6.92 Å². The van der Waals surface area contributed by atoms with E-state index in [2.05, 4.69) is 15.1 Å². The Morgan fingerprint density at radius 1 is 1.14 bits per heavy atom. The Bertz CT molecular complexity index is 487. The summed E-state index contributed by atoms with van der Waals surface area (Å²) in [4.78, 5) is 17.0. The minimum atomic E-state index is -0.925. The van der Waals surface area contributed by atoms with Crippen molar-refractivity contribution in [1.29, 1.82) is 0 Å². The van der Waals surface area contributed by atoms with E-state index in [4.69, 9.17) is 0 Å². The second kappa shape index (κ2) is 9.02. The lowest BCUT2D eigenvalue weighted by molar-refractivity contribution is -0.122. The predicted octanol–water partition coefficient (Wildman–Crippen LogP) is 0.548. The van der Waals surface area contributed by atoms with Crippen molar-refractivity contribution >= 4 is 16.7 Å². The molecule has 1 heterocycles. The average molecular weight is 323 g/mol. The SMILES string of the molecule is CCNC(=O)CN1CCN(CC[S@@](=O)c2ccccc2)CC1. The highest BCUT2D eigenvalue weighted by molar-refractivity contribution is 7.85. The van der Waals surface area contributed by atoms with Crippen LogP contribution in [-0.4, -0.2) is 71.5 Å². The molecule has 2 rings (SSSR count). The van der Waals surface area contributed by atoms with Crippen molar-refractivity contribution in [1.82, 2.24) is 15.1 Å². The molecule has 1 N–H and O–H groups in total. The van der Waals surface area contributed by atoms with E-state index in [1.54, 1.807) is 0 Å². The number of likely N-dealkylation sites (N-methyl/N-ethyl adjacent to an activating group) is 1. The van der Waals surface area contributed by atoms with E-state index in [0.717, 1.165) is 37.6 Å². The average Bonchev–Trinajstić information content (AvgIpc) is 2.55. The largest absolute Gasteiger partial charge is 0.355 e. The van der Waals surface area contributed by atoms with Crippen LogP contribution in [0.15, 0.2) is 35.2 Å². The Morgan fingerprint density at radius 3 is 2.41 bits per heavy atom. The molecule has 1 aromatic rings. The number of rotatable bonds is 7. The van der Waals surface area contributed by atoms with Crippen LogP contribution in [-0.2, 0) is 15.6 Å². The quantitative estimate of drug-likeness (QED) is 0.796. The van der Waals surface area contributed by atoms with Crippen LogP contribution in [0.25, 0.3) is 0 Å². The molecule has 1 aromatic carbocycles. The molecule has 0 aromatic heterocycles. The fourth-order valence-corrected chi connectivity index (χ4v) is 3.65. The Hall–Kier alpha value is -1.24. The molecule has 6 heteroatoms. The van der Waals surface area contributed by atoms with Crippen LogP contribution in [0.3, 0.4) is 0 Å². The lowest BCUT2D eigenvalue weighted by atomic mass is 10.3. The summed E-state index contributed by atoms with van der Waals surface area (Å²) in [5.74, 6) is 0.765. The molecule has 0 bridgehead atoms. The number of benzene rings is 1. The highest BCUT2D eigenvalue weighted by Crippen LogP contribution is 2.07. The van der Waals surface area contributed by atoms with Gasteiger partial charge in [-0.05, 0) is 19.1 Å². The van der Waals surface area contributed by atoms with Gasteiger partial charge in [-0.25, -0.2) is 0 Å². The van der Waals surface area contributed by atoms with Gasteiger partial charge in [-0.15, -0.1) is 0 Å².